The molecule has 0 unspecified atom stereocenters. The van der Waals surface area contributed by atoms with E-state index in [0.717, 1.165) is 60.7 Å². The van der Waals surface area contributed by atoms with Gasteiger partial charge in [0, 0.05) is 63.0 Å². The van der Waals surface area contributed by atoms with Gasteiger partial charge in [-0.15, -0.1) is 0 Å². The van der Waals surface area contributed by atoms with Crippen LogP contribution in [0, 0.1) is 11.6 Å². The van der Waals surface area contributed by atoms with Gasteiger partial charge >= 0.3 is 21.4 Å². The molecular weight excluding hydrogens is 922 g/mol. The summed E-state index contributed by atoms with van der Waals surface area (Å²) in [6, 6.07) is 19.6. The van der Waals surface area contributed by atoms with Gasteiger partial charge in [0.15, 0.2) is 0 Å². The van der Waals surface area contributed by atoms with E-state index in [1.54, 1.807) is 42.5 Å². The van der Waals surface area contributed by atoms with Crippen molar-refractivity contribution in [1.82, 2.24) is 28.2 Å². The second kappa shape index (κ2) is 20.5. The monoisotopic (exact) mass is 970 g/mol. The van der Waals surface area contributed by atoms with Crippen LogP contribution < -0.4 is 34.6 Å². The molecule has 4 aliphatic rings. The van der Waals surface area contributed by atoms with E-state index in [1.807, 2.05) is 9.80 Å². The van der Waals surface area contributed by atoms with E-state index in [1.165, 1.54) is 57.4 Å². The molecule has 0 atom stereocenters. The molecule has 0 radical (unpaired) electrons. The molecule has 2 saturated carbocycles. The summed E-state index contributed by atoms with van der Waals surface area (Å²) in [5.74, 6) is -0.390. The first-order valence-corrected chi connectivity index (χ1v) is 25.4. The number of anilines is 2. The van der Waals surface area contributed by atoms with Gasteiger partial charge in [-0.25, -0.2) is 8.78 Å². The van der Waals surface area contributed by atoms with Crippen molar-refractivity contribution in [2.75, 3.05) is 62.2 Å². The first-order chi connectivity index (χ1) is 31.7. The van der Waals surface area contributed by atoms with E-state index in [-0.39, 0.29) is 55.6 Å². The molecule has 0 spiro atoms. The van der Waals surface area contributed by atoms with Crippen molar-refractivity contribution in [3.8, 4) is 28.6 Å². The number of nitrogens with zero attached hydrogens (tertiary/aromatic N) is 8. The summed E-state index contributed by atoms with van der Waals surface area (Å²) in [4.78, 5) is 30.5. The Labute approximate surface area is 385 Å². The summed E-state index contributed by atoms with van der Waals surface area (Å²) in [5.41, 5.74) is 0.661. The lowest BCUT2D eigenvalue weighted by Gasteiger charge is -2.35. The van der Waals surface area contributed by atoms with E-state index in [9.17, 15) is 35.2 Å². The number of rotatable bonds is 12. The van der Waals surface area contributed by atoms with E-state index < -0.39 is 42.3 Å². The first-order valence-electron chi connectivity index (χ1n) is 21.8. The molecule has 3 aromatic carbocycles. The van der Waals surface area contributed by atoms with Crippen LogP contribution in [0.4, 0.5) is 20.2 Å². The lowest BCUT2D eigenvalue weighted by atomic mass is 10.2. The topological polar surface area (TPSA) is 179 Å². The minimum atomic E-state index is -3.97. The molecule has 2 aliphatic carbocycles. The van der Waals surface area contributed by atoms with Gasteiger partial charge in [-0.05, 0) is 99.9 Å². The van der Waals surface area contributed by atoms with Crippen LogP contribution in [0.15, 0.2) is 101 Å². The molecule has 4 fully saturated rings. The summed E-state index contributed by atoms with van der Waals surface area (Å²) < 4.78 is 98.3. The third-order valence-electron chi connectivity index (χ3n) is 11.8. The smallest absolute Gasteiger partial charge is 0.385 e. The predicted molar refractivity (Wildman–Crippen MR) is 244 cm³/mol. The maximum Gasteiger partial charge on any atom is 0.385 e. The summed E-state index contributed by atoms with van der Waals surface area (Å²) >= 11 is 0. The van der Waals surface area contributed by atoms with Crippen LogP contribution in [0.3, 0.4) is 0 Å². The van der Waals surface area contributed by atoms with Gasteiger partial charge < -0.3 is 23.5 Å². The molecule has 2 aliphatic heterocycles. The highest BCUT2D eigenvalue weighted by molar-refractivity contribution is 8.11. The largest absolute Gasteiger partial charge is 0.483 e. The van der Waals surface area contributed by atoms with Crippen LogP contribution in [0.5, 0.6) is 17.2 Å². The molecule has 352 valence electrons. The maximum absolute atomic E-state index is 13.8. The minimum Gasteiger partial charge on any atom is -0.483 e. The Morgan fingerprint density at radius 1 is 0.561 bits per heavy atom. The van der Waals surface area contributed by atoms with E-state index in [0.29, 0.717) is 48.9 Å². The molecule has 66 heavy (non-hydrogen) atoms. The van der Waals surface area contributed by atoms with Crippen LogP contribution in [0.2, 0.25) is 0 Å². The van der Waals surface area contributed by atoms with Crippen LogP contribution in [-0.2, 0) is 19.5 Å². The zero-order valence-electron chi connectivity index (χ0n) is 35.8. The van der Waals surface area contributed by atoms with E-state index >= 15 is 0 Å². The summed E-state index contributed by atoms with van der Waals surface area (Å²) in [7, 11) is -2.32. The Morgan fingerprint density at radius 2 is 0.985 bits per heavy atom. The molecule has 2 aromatic heterocycles. The van der Waals surface area contributed by atoms with Crippen molar-refractivity contribution < 1.29 is 39.3 Å². The second-order valence-electron chi connectivity index (χ2n) is 16.2. The lowest BCUT2D eigenvalue weighted by molar-refractivity contribution is 0.205. The Hall–Kier alpha value is -5.61. The van der Waals surface area contributed by atoms with Gasteiger partial charge in [-0.1, -0.05) is 30.3 Å². The van der Waals surface area contributed by atoms with Crippen molar-refractivity contribution in [3.05, 3.63) is 124 Å². The average molecular weight is 972 g/mol. The van der Waals surface area contributed by atoms with Gasteiger partial charge in [-0.2, -0.15) is 45.0 Å². The van der Waals surface area contributed by atoms with Crippen molar-refractivity contribution in [3.63, 3.8) is 0 Å². The second-order valence-corrected chi connectivity index (χ2v) is 20.3. The van der Waals surface area contributed by atoms with E-state index in [2.05, 4.69) is 10.2 Å². The van der Waals surface area contributed by atoms with Crippen molar-refractivity contribution >= 4 is 41.6 Å². The molecule has 22 heteroatoms. The van der Waals surface area contributed by atoms with Crippen LogP contribution in [0.25, 0.3) is 11.4 Å². The molecule has 4 heterocycles. The van der Waals surface area contributed by atoms with E-state index in [4.69, 9.17) is 24.3 Å². The summed E-state index contributed by atoms with van der Waals surface area (Å²) in [6.45, 7) is 2.07. The predicted octanol–water partition coefficient (Wildman–Crippen LogP) is 5.44. The minimum absolute atomic E-state index is 0.0654. The summed E-state index contributed by atoms with van der Waals surface area (Å²) in [6.07, 6.45) is 10.5. The van der Waals surface area contributed by atoms with Gasteiger partial charge in [0.25, 0.3) is 9.24 Å². The van der Waals surface area contributed by atoms with Crippen LogP contribution in [0.1, 0.15) is 51.4 Å². The highest BCUT2D eigenvalue weighted by atomic mass is 35.7. The molecule has 17 nitrogen and oxygen atoms in total. The van der Waals surface area contributed by atoms with Crippen molar-refractivity contribution in [2.45, 2.75) is 63.6 Å². The number of hydrogen-bond acceptors (Lipinski definition) is 13. The summed E-state index contributed by atoms with van der Waals surface area (Å²) in [5, 5.41) is 8.51. The number of halogens is 3. The molecule has 0 bridgehead atoms. The van der Waals surface area contributed by atoms with Crippen molar-refractivity contribution in [1.29, 1.82) is 0 Å². The Balaban J connectivity index is 0.000000182. The van der Waals surface area contributed by atoms with Crippen molar-refractivity contribution in [2.24, 2.45) is 0 Å². The number of ether oxygens (including phenoxy) is 2. The normalized spacial score (nSPS) is 17.9. The first kappa shape index (κ1) is 46.9. The Kier molecular flexibility index (Phi) is 14.6. The van der Waals surface area contributed by atoms with Gasteiger partial charge in [0.1, 0.15) is 28.8 Å². The number of benzene rings is 3. The Morgan fingerprint density at radius 3 is 1.39 bits per heavy atom. The fourth-order valence-corrected chi connectivity index (χ4v) is 10.5. The molecule has 0 amide bonds. The fourth-order valence-electron chi connectivity index (χ4n) is 8.41. The molecule has 9 rings (SSSR count). The fraction of sp³-hybridized carbons (Fsp3) is 0.409. The SMILES string of the molecule is O=c1c(OC2CCCC2)c(N2CCN(S(=O)(=O)Cl)CC2)cnn1-c1cccc(F)c1.O=c1c(OC2CCCC2)c(N2CCN(S(=O)(=O)Oc3ccccc3)CC2)cnn1-c1cccc(F)c1. The quantitative estimate of drug-likeness (QED) is 0.145. The van der Waals surface area contributed by atoms with Crippen LogP contribution >= 0.6 is 10.7 Å². The highest BCUT2D eigenvalue weighted by Crippen LogP contribution is 2.32. The zero-order chi connectivity index (χ0) is 46.4. The maximum atomic E-state index is 13.8. The highest BCUT2D eigenvalue weighted by Gasteiger charge is 2.33. The third kappa shape index (κ3) is 11.1. The molecule has 0 N–H and O–H groups in total. The number of aromatic nitrogens is 4. The molecule has 2 saturated heterocycles. The lowest BCUT2D eigenvalue weighted by Crippen LogP contribution is -2.50. The molecule has 5 aromatic rings. The third-order valence-corrected chi connectivity index (χ3v) is 14.8. The standard InChI is InChI=1S/C25H27FN4O5S.C19H22ClFN4O4S/c26-19-7-6-8-20(17-19)30-25(31)24(34-21-9-4-5-10-21)23(18-27-30)28-13-15-29(16-14-28)36(32,33)35-22-11-2-1-3-12-22;20-30(27,28)24-10-8-23(9-11-24)17-13-22-25(15-5-3-4-14(21)12-15)19(26)18(17)29-16-6-1-2-7-16/h1-3,6-8,11-12,17-18,21H,4-5,9-10,13-16H2;3-5,12-13,16H,1-2,6-11H2. The van der Waals surface area contributed by atoms with Gasteiger partial charge in [0.2, 0.25) is 11.5 Å². The number of piperazine rings is 2. The zero-order valence-corrected chi connectivity index (χ0v) is 38.2. The molecular formula is C44H49ClF2N8O9S2. The number of para-hydroxylation sites is 1. The van der Waals surface area contributed by atoms with Gasteiger partial charge in [0.05, 0.1) is 36.0 Å². The average Bonchev–Trinajstić information content (AvgIpc) is 4.03. The Bertz CT molecular complexity index is 2830. The number of hydrogen-bond donors (Lipinski definition) is 0. The van der Waals surface area contributed by atoms with Crippen LogP contribution in [-0.4, -0.2) is 110 Å². The van der Waals surface area contributed by atoms with Gasteiger partial charge in [-0.3, -0.25) is 9.59 Å².